The maximum atomic E-state index is 11.1. The molecule has 0 heterocycles. The molecule has 1 N–H and O–H groups in total. The lowest BCUT2D eigenvalue weighted by molar-refractivity contribution is -0.385. The van der Waals surface area contributed by atoms with Gasteiger partial charge in [-0.25, -0.2) is 0 Å². The van der Waals surface area contributed by atoms with Crippen LogP contribution in [0.15, 0.2) is 48.5 Å². The molecule has 2 aromatic carbocycles. The Morgan fingerprint density at radius 3 is 2.43 bits per heavy atom. The zero-order valence-corrected chi connectivity index (χ0v) is 12.3. The second-order valence-electron chi connectivity index (χ2n) is 4.18. The number of benzene rings is 2. The number of hydrogen-bond acceptors (Lipinski definition) is 5. The number of nitro benzene ring substituents is 1. The number of hydrogen-bond donors (Lipinski definition) is 1. The van der Waals surface area contributed by atoms with Crippen molar-refractivity contribution >= 4 is 27.5 Å². The summed E-state index contributed by atoms with van der Waals surface area (Å²) in [7, 11) is 0. The Morgan fingerprint density at radius 1 is 1.24 bits per heavy atom. The van der Waals surface area contributed by atoms with Crippen LogP contribution in [0.1, 0.15) is 11.6 Å². The summed E-state index contributed by atoms with van der Waals surface area (Å²) in [4.78, 5) is 10.6. The Bertz CT molecular complexity index is 697. The van der Waals surface area contributed by atoms with E-state index in [-0.39, 0.29) is 17.0 Å². The molecule has 0 amide bonds. The van der Waals surface area contributed by atoms with Crippen molar-refractivity contribution in [3.8, 4) is 11.8 Å². The molecule has 2 aromatic rings. The molecule has 0 saturated carbocycles. The molecule has 0 aromatic heterocycles. The minimum atomic E-state index is -0.879. The van der Waals surface area contributed by atoms with Gasteiger partial charge in [-0.05, 0) is 30.3 Å². The number of nitro groups is 1. The first-order valence-electron chi connectivity index (χ1n) is 5.91. The third kappa shape index (κ3) is 3.12. The first-order valence-corrected chi connectivity index (χ1v) is 6.62. The molecule has 2 rings (SSSR count). The maximum absolute atomic E-state index is 11.1. The van der Waals surface area contributed by atoms with E-state index in [4.69, 9.17) is 0 Å². The highest BCUT2D eigenvalue weighted by Gasteiger charge is 2.26. The zero-order chi connectivity index (χ0) is 15.4. The third-order valence-corrected chi connectivity index (χ3v) is 3.69. The predicted octanol–water partition coefficient (Wildman–Crippen LogP) is 3.68. The molecule has 21 heavy (non-hydrogen) atoms. The molecule has 1 atom stereocenters. The quantitative estimate of drug-likeness (QED) is 0.517. The van der Waals surface area contributed by atoms with E-state index in [1.165, 1.54) is 22.1 Å². The molecule has 0 aliphatic heterocycles. The number of phenolic OH excluding ortho intramolecular Hbond substituents is 1. The highest BCUT2D eigenvalue weighted by Crippen LogP contribution is 2.34. The fraction of sp³-hybridized carbons (Fsp3) is 0.0714. The highest BCUT2D eigenvalue weighted by atomic mass is 79.9. The Morgan fingerprint density at radius 2 is 1.86 bits per heavy atom. The van der Waals surface area contributed by atoms with E-state index >= 15 is 0 Å². The summed E-state index contributed by atoms with van der Waals surface area (Å²) in [6, 6.07) is 13.4. The number of anilines is 1. The topological polar surface area (TPSA) is 90.4 Å². The van der Waals surface area contributed by atoms with Crippen LogP contribution in [0.4, 0.5) is 11.4 Å². The second kappa shape index (κ2) is 6.24. The van der Waals surface area contributed by atoms with Crippen LogP contribution in [0.25, 0.3) is 0 Å². The van der Waals surface area contributed by atoms with Gasteiger partial charge in [0.1, 0.15) is 5.75 Å². The molecule has 0 bridgehead atoms. The van der Waals surface area contributed by atoms with Gasteiger partial charge in [-0.1, -0.05) is 12.1 Å². The van der Waals surface area contributed by atoms with E-state index < -0.39 is 11.0 Å². The number of aromatic hydroxyl groups is 1. The van der Waals surface area contributed by atoms with Crippen LogP contribution in [0.2, 0.25) is 0 Å². The van der Waals surface area contributed by atoms with Crippen molar-refractivity contribution in [1.29, 1.82) is 5.26 Å². The molecular formula is C14H10BrN3O3. The minimum Gasteiger partial charge on any atom is -0.508 e. The molecule has 0 aliphatic carbocycles. The Balaban J connectivity index is 2.43. The Labute approximate surface area is 129 Å². The van der Waals surface area contributed by atoms with Gasteiger partial charge in [-0.2, -0.15) is 5.26 Å². The molecule has 0 spiro atoms. The number of rotatable bonds is 4. The van der Waals surface area contributed by atoms with Gasteiger partial charge in [0.2, 0.25) is 0 Å². The average Bonchev–Trinajstić information content (AvgIpc) is 2.49. The van der Waals surface area contributed by atoms with Crippen molar-refractivity contribution in [2.24, 2.45) is 0 Å². The number of halogens is 1. The lowest BCUT2D eigenvalue weighted by atomic mass is 10.1. The van der Waals surface area contributed by atoms with E-state index in [0.717, 1.165) is 0 Å². The molecule has 6 nitrogen and oxygen atoms in total. The second-order valence-corrected chi connectivity index (χ2v) is 4.94. The number of phenols is 1. The SMILES string of the molecule is N#CC(c1ccccc1[N+](=O)[O-])N(Br)c1ccc(O)cc1. The lowest BCUT2D eigenvalue weighted by Gasteiger charge is -2.22. The molecule has 106 valence electrons. The van der Waals surface area contributed by atoms with Crippen LogP contribution in [-0.4, -0.2) is 10.0 Å². The van der Waals surface area contributed by atoms with Crippen molar-refractivity contribution in [2.45, 2.75) is 6.04 Å². The van der Waals surface area contributed by atoms with Crippen molar-refractivity contribution in [3.05, 3.63) is 64.2 Å². The monoisotopic (exact) mass is 347 g/mol. The van der Waals surface area contributed by atoms with E-state index in [1.54, 1.807) is 30.3 Å². The summed E-state index contributed by atoms with van der Waals surface area (Å²) in [5.41, 5.74) is 0.764. The first kappa shape index (κ1) is 14.8. The summed E-state index contributed by atoms with van der Waals surface area (Å²) < 4.78 is 1.44. The van der Waals surface area contributed by atoms with Gasteiger partial charge >= 0.3 is 0 Å². The molecule has 0 saturated heterocycles. The average molecular weight is 348 g/mol. The van der Waals surface area contributed by atoms with Crippen LogP contribution in [0.3, 0.4) is 0 Å². The van der Waals surface area contributed by atoms with Crippen molar-refractivity contribution < 1.29 is 10.0 Å². The zero-order valence-electron chi connectivity index (χ0n) is 10.7. The molecule has 7 heteroatoms. The normalized spacial score (nSPS) is 11.4. The number of para-hydroxylation sites is 1. The van der Waals surface area contributed by atoms with Crippen LogP contribution in [0, 0.1) is 21.4 Å². The fourth-order valence-electron chi connectivity index (χ4n) is 1.87. The lowest BCUT2D eigenvalue weighted by Crippen LogP contribution is -2.17. The molecular weight excluding hydrogens is 338 g/mol. The summed E-state index contributed by atoms with van der Waals surface area (Å²) in [5.74, 6) is 0.0962. The van der Waals surface area contributed by atoms with Crippen molar-refractivity contribution in [2.75, 3.05) is 3.93 Å². The third-order valence-electron chi connectivity index (χ3n) is 2.87. The fourth-order valence-corrected chi connectivity index (χ4v) is 2.42. The van der Waals surface area contributed by atoms with Gasteiger partial charge in [0.15, 0.2) is 6.04 Å². The summed E-state index contributed by atoms with van der Waals surface area (Å²) in [6.07, 6.45) is 0. The van der Waals surface area contributed by atoms with E-state index in [0.29, 0.717) is 5.69 Å². The Hall–Kier alpha value is -2.59. The minimum absolute atomic E-state index is 0.0962. The van der Waals surface area contributed by atoms with Gasteiger partial charge in [-0.3, -0.25) is 14.0 Å². The van der Waals surface area contributed by atoms with E-state index in [1.807, 2.05) is 6.07 Å². The van der Waals surface area contributed by atoms with Crippen molar-refractivity contribution in [1.82, 2.24) is 0 Å². The van der Waals surface area contributed by atoms with Crippen LogP contribution < -0.4 is 3.93 Å². The number of nitrogens with zero attached hydrogens (tertiary/aromatic N) is 3. The van der Waals surface area contributed by atoms with E-state index in [2.05, 4.69) is 16.1 Å². The predicted molar refractivity (Wildman–Crippen MR) is 81.0 cm³/mol. The first-order chi connectivity index (χ1) is 10.0. The van der Waals surface area contributed by atoms with Crippen LogP contribution >= 0.6 is 16.1 Å². The number of nitriles is 1. The largest absolute Gasteiger partial charge is 0.508 e. The molecule has 0 aliphatic rings. The highest BCUT2D eigenvalue weighted by molar-refractivity contribution is 9.10. The van der Waals surface area contributed by atoms with E-state index in [9.17, 15) is 20.5 Å². The maximum Gasteiger partial charge on any atom is 0.275 e. The summed E-state index contributed by atoms with van der Waals surface area (Å²) in [5, 5.41) is 29.7. The van der Waals surface area contributed by atoms with Gasteiger partial charge in [0.05, 0.1) is 32.7 Å². The van der Waals surface area contributed by atoms with Gasteiger partial charge < -0.3 is 5.11 Å². The van der Waals surface area contributed by atoms with Gasteiger partial charge in [-0.15, -0.1) is 0 Å². The van der Waals surface area contributed by atoms with Crippen LogP contribution in [0.5, 0.6) is 5.75 Å². The summed E-state index contributed by atoms with van der Waals surface area (Å²) in [6.45, 7) is 0. The Kier molecular flexibility index (Phi) is 4.40. The molecule has 0 radical (unpaired) electrons. The van der Waals surface area contributed by atoms with Crippen molar-refractivity contribution in [3.63, 3.8) is 0 Å². The summed E-state index contributed by atoms with van der Waals surface area (Å²) >= 11 is 3.26. The van der Waals surface area contributed by atoms with Gasteiger partial charge in [0, 0.05) is 11.8 Å². The smallest absolute Gasteiger partial charge is 0.275 e. The van der Waals surface area contributed by atoms with Crippen LogP contribution in [-0.2, 0) is 0 Å². The molecule has 0 fully saturated rings. The standard InChI is InChI=1S/C14H10BrN3O3/c15-17(10-5-7-11(19)8-6-10)14(9-16)12-3-1-2-4-13(12)18(20)21/h1-8,14,19H. The van der Waals surface area contributed by atoms with Gasteiger partial charge in [0.25, 0.3) is 5.69 Å². The molecule has 1 unspecified atom stereocenters.